The van der Waals surface area contributed by atoms with Crippen LogP contribution in [0.2, 0.25) is 0 Å². The Morgan fingerprint density at radius 1 is 1.21 bits per heavy atom. The molecule has 24 heavy (non-hydrogen) atoms. The Morgan fingerprint density at radius 2 is 1.92 bits per heavy atom. The molecule has 0 aromatic carbocycles. The van der Waals surface area contributed by atoms with E-state index in [2.05, 4.69) is 9.98 Å². The molecule has 1 atom stereocenters. The highest BCUT2D eigenvalue weighted by Crippen LogP contribution is 2.31. The fourth-order valence-corrected chi connectivity index (χ4v) is 2.86. The largest absolute Gasteiger partial charge is 0.461 e. The Labute approximate surface area is 138 Å². The van der Waals surface area contributed by atoms with E-state index in [4.69, 9.17) is 4.42 Å². The minimum Gasteiger partial charge on any atom is -0.461 e. The second-order valence-corrected chi connectivity index (χ2v) is 5.62. The lowest BCUT2D eigenvalue weighted by atomic mass is 9.95. The molecule has 8 heteroatoms. The van der Waals surface area contributed by atoms with Gasteiger partial charge in [-0.25, -0.2) is 14.8 Å². The Kier molecular flexibility index (Phi) is 4.04. The highest BCUT2D eigenvalue weighted by molar-refractivity contribution is 6.37. The molecule has 1 unspecified atom stereocenters. The first kappa shape index (κ1) is 16.1. The standard InChI is InChI=1S/C16H18N4O4/c1-3-7-19-13-16(10-21,14(22)20(8-4-2)15(19)23)18-12(17-13)11-6-5-9-24-11/h5-6,9-10H,3-4,7-8H2,1-2H3. The van der Waals surface area contributed by atoms with Crippen molar-refractivity contribution in [1.82, 2.24) is 9.80 Å². The van der Waals surface area contributed by atoms with Crippen molar-refractivity contribution >= 4 is 29.9 Å². The molecule has 2 aliphatic rings. The van der Waals surface area contributed by atoms with E-state index in [1.54, 1.807) is 12.1 Å². The maximum absolute atomic E-state index is 12.9. The lowest BCUT2D eigenvalue weighted by Gasteiger charge is -2.40. The molecule has 0 aliphatic carbocycles. The number of aldehydes is 1. The normalized spacial score (nSPS) is 23.2. The molecule has 1 fully saturated rings. The summed E-state index contributed by atoms with van der Waals surface area (Å²) >= 11 is 0. The summed E-state index contributed by atoms with van der Waals surface area (Å²) in [7, 11) is 0. The second kappa shape index (κ2) is 6.03. The second-order valence-electron chi connectivity index (χ2n) is 5.62. The number of amides is 3. The molecule has 3 amide bonds. The topological polar surface area (TPSA) is 95.6 Å². The van der Waals surface area contributed by atoms with E-state index < -0.39 is 17.5 Å². The predicted octanol–water partition coefficient (Wildman–Crippen LogP) is 1.46. The molecule has 2 aliphatic heterocycles. The number of rotatable bonds is 6. The van der Waals surface area contributed by atoms with Crippen LogP contribution in [0, 0.1) is 0 Å². The molecular weight excluding hydrogens is 312 g/mol. The summed E-state index contributed by atoms with van der Waals surface area (Å²) in [6.45, 7) is 4.34. The fourth-order valence-electron chi connectivity index (χ4n) is 2.86. The third-order valence-electron chi connectivity index (χ3n) is 3.93. The van der Waals surface area contributed by atoms with Crippen LogP contribution >= 0.6 is 0 Å². The number of furan rings is 1. The van der Waals surface area contributed by atoms with Crippen molar-refractivity contribution in [3.05, 3.63) is 24.2 Å². The van der Waals surface area contributed by atoms with Crippen LogP contribution in [-0.4, -0.2) is 58.3 Å². The van der Waals surface area contributed by atoms with Gasteiger partial charge in [-0.2, -0.15) is 0 Å². The lowest BCUT2D eigenvalue weighted by Crippen LogP contribution is -2.68. The van der Waals surface area contributed by atoms with Crippen molar-refractivity contribution in [3.8, 4) is 0 Å². The number of amidine groups is 2. The maximum Gasteiger partial charge on any atom is 0.332 e. The molecule has 0 spiro atoms. The van der Waals surface area contributed by atoms with E-state index in [-0.39, 0.29) is 18.2 Å². The van der Waals surface area contributed by atoms with Gasteiger partial charge in [-0.1, -0.05) is 13.8 Å². The molecule has 0 bridgehead atoms. The Bertz CT molecular complexity index is 737. The summed E-state index contributed by atoms with van der Waals surface area (Å²) in [6.07, 6.45) is 3.16. The van der Waals surface area contributed by atoms with Crippen LogP contribution in [0.5, 0.6) is 0 Å². The molecule has 0 N–H and O–H groups in total. The van der Waals surface area contributed by atoms with Crippen LogP contribution in [0.15, 0.2) is 32.8 Å². The van der Waals surface area contributed by atoms with Gasteiger partial charge in [0.15, 0.2) is 23.7 Å². The van der Waals surface area contributed by atoms with Crippen molar-refractivity contribution in [3.63, 3.8) is 0 Å². The Hall–Kier alpha value is -2.77. The van der Waals surface area contributed by atoms with Crippen LogP contribution in [0.1, 0.15) is 32.4 Å². The number of urea groups is 1. The fraction of sp³-hybridized carbons (Fsp3) is 0.438. The molecular formula is C16H18N4O4. The van der Waals surface area contributed by atoms with Gasteiger partial charge < -0.3 is 4.42 Å². The van der Waals surface area contributed by atoms with Crippen molar-refractivity contribution in [2.45, 2.75) is 32.2 Å². The van der Waals surface area contributed by atoms with E-state index in [9.17, 15) is 14.4 Å². The van der Waals surface area contributed by atoms with Crippen molar-refractivity contribution in [2.75, 3.05) is 13.1 Å². The van der Waals surface area contributed by atoms with E-state index in [0.717, 1.165) is 4.90 Å². The van der Waals surface area contributed by atoms with Gasteiger partial charge in [0.1, 0.15) is 0 Å². The van der Waals surface area contributed by atoms with Crippen LogP contribution in [0.3, 0.4) is 0 Å². The molecule has 3 rings (SSSR count). The molecule has 1 saturated heterocycles. The first-order chi connectivity index (χ1) is 11.6. The SMILES string of the molecule is CCCN1C(=O)N(CCC)C2=NC(c3ccco3)=NC2(C=O)C1=O. The zero-order valence-electron chi connectivity index (χ0n) is 13.6. The van der Waals surface area contributed by atoms with Gasteiger partial charge >= 0.3 is 6.03 Å². The number of hydrogen-bond acceptors (Lipinski definition) is 6. The molecule has 3 heterocycles. The summed E-state index contributed by atoms with van der Waals surface area (Å²) in [5.74, 6) is -0.107. The number of aliphatic imine (C=N–C) groups is 2. The van der Waals surface area contributed by atoms with Gasteiger partial charge in [0.25, 0.3) is 11.4 Å². The highest BCUT2D eigenvalue weighted by Gasteiger charge is 2.58. The molecule has 126 valence electrons. The van der Waals surface area contributed by atoms with E-state index in [1.165, 1.54) is 11.2 Å². The van der Waals surface area contributed by atoms with Gasteiger partial charge in [-0.3, -0.25) is 19.4 Å². The van der Waals surface area contributed by atoms with E-state index in [1.807, 2.05) is 13.8 Å². The average Bonchev–Trinajstić information content (AvgIpc) is 3.23. The first-order valence-corrected chi connectivity index (χ1v) is 7.91. The average molecular weight is 330 g/mol. The summed E-state index contributed by atoms with van der Waals surface area (Å²) < 4.78 is 5.26. The number of imide groups is 1. The van der Waals surface area contributed by atoms with Crippen LogP contribution in [0.4, 0.5) is 4.79 Å². The van der Waals surface area contributed by atoms with Gasteiger partial charge in [-0.05, 0) is 25.0 Å². The number of fused-ring (bicyclic) bond motifs is 1. The number of hydrogen-bond donors (Lipinski definition) is 0. The van der Waals surface area contributed by atoms with Crippen molar-refractivity contribution in [1.29, 1.82) is 0 Å². The van der Waals surface area contributed by atoms with Crippen molar-refractivity contribution in [2.24, 2.45) is 9.98 Å². The summed E-state index contributed by atoms with van der Waals surface area (Å²) in [4.78, 5) is 48.4. The predicted molar refractivity (Wildman–Crippen MR) is 85.9 cm³/mol. The summed E-state index contributed by atoms with van der Waals surface area (Å²) in [6, 6.07) is 2.84. The van der Waals surface area contributed by atoms with Crippen LogP contribution < -0.4 is 0 Å². The Balaban J connectivity index is 2.14. The Morgan fingerprint density at radius 3 is 2.50 bits per heavy atom. The van der Waals surface area contributed by atoms with Gasteiger partial charge in [0, 0.05) is 13.1 Å². The van der Waals surface area contributed by atoms with Gasteiger partial charge in [0.05, 0.1) is 6.26 Å². The smallest absolute Gasteiger partial charge is 0.332 e. The first-order valence-electron chi connectivity index (χ1n) is 7.91. The number of nitrogens with zero attached hydrogens (tertiary/aromatic N) is 4. The number of carbonyl (C=O) groups excluding carboxylic acids is 3. The van der Waals surface area contributed by atoms with Gasteiger partial charge in [0.2, 0.25) is 0 Å². The zero-order chi connectivity index (χ0) is 17.3. The molecule has 1 aromatic rings. The summed E-state index contributed by atoms with van der Waals surface area (Å²) in [5, 5.41) is 0. The third-order valence-corrected chi connectivity index (χ3v) is 3.93. The van der Waals surface area contributed by atoms with E-state index in [0.29, 0.717) is 31.4 Å². The minimum absolute atomic E-state index is 0.0631. The summed E-state index contributed by atoms with van der Waals surface area (Å²) in [5.41, 5.74) is -1.81. The quantitative estimate of drug-likeness (QED) is 0.583. The third kappa shape index (κ3) is 2.17. The minimum atomic E-state index is -1.81. The monoisotopic (exact) mass is 330 g/mol. The van der Waals surface area contributed by atoms with Gasteiger partial charge in [-0.15, -0.1) is 0 Å². The maximum atomic E-state index is 12.9. The van der Waals surface area contributed by atoms with Crippen LogP contribution in [0.25, 0.3) is 0 Å². The van der Waals surface area contributed by atoms with E-state index >= 15 is 0 Å². The molecule has 0 radical (unpaired) electrons. The number of carbonyl (C=O) groups is 3. The molecule has 0 saturated carbocycles. The highest BCUT2D eigenvalue weighted by atomic mass is 16.3. The molecule has 1 aromatic heterocycles. The van der Waals surface area contributed by atoms with Crippen LogP contribution in [-0.2, 0) is 9.59 Å². The van der Waals surface area contributed by atoms with Crippen molar-refractivity contribution < 1.29 is 18.8 Å². The molecule has 8 nitrogen and oxygen atoms in total. The zero-order valence-corrected chi connectivity index (χ0v) is 13.6. The lowest BCUT2D eigenvalue weighted by molar-refractivity contribution is -0.135.